The van der Waals surface area contributed by atoms with Crippen LogP contribution in [0.4, 0.5) is 10.8 Å². The van der Waals surface area contributed by atoms with Crippen LogP contribution in [0.15, 0.2) is 48.2 Å². The van der Waals surface area contributed by atoms with Crippen molar-refractivity contribution in [2.45, 2.75) is 0 Å². The second-order valence-corrected chi connectivity index (χ2v) is 5.08. The Bertz CT molecular complexity index is 747. The van der Waals surface area contributed by atoms with Gasteiger partial charge in [0, 0.05) is 5.38 Å². The van der Waals surface area contributed by atoms with Crippen LogP contribution in [0.2, 0.25) is 0 Å². The minimum atomic E-state index is -0.132. The van der Waals surface area contributed by atoms with Gasteiger partial charge < -0.3 is 11.1 Å². The SMILES string of the molecule is N=C(N)Nc1nc(-c2cn(Nc3ccccc3)cn2)cs1. The number of para-hydroxylation sites is 1. The van der Waals surface area contributed by atoms with E-state index in [1.54, 1.807) is 11.0 Å². The molecule has 0 bridgehead atoms. The monoisotopic (exact) mass is 299 g/mol. The molecule has 0 aliphatic carbocycles. The molecule has 3 aromatic rings. The van der Waals surface area contributed by atoms with Gasteiger partial charge in [0.1, 0.15) is 17.7 Å². The predicted octanol–water partition coefficient (Wildman–Crippen LogP) is 2.19. The smallest absolute Gasteiger partial charge is 0.192 e. The summed E-state index contributed by atoms with van der Waals surface area (Å²) in [5.74, 6) is -0.132. The number of benzene rings is 1. The summed E-state index contributed by atoms with van der Waals surface area (Å²) in [7, 11) is 0. The molecule has 1 aromatic carbocycles. The van der Waals surface area contributed by atoms with Gasteiger partial charge in [-0.2, -0.15) is 0 Å². The van der Waals surface area contributed by atoms with Gasteiger partial charge in [0.15, 0.2) is 11.1 Å². The summed E-state index contributed by atoms with van der Waals surface area (Å²) >= 11 is 1.37. The van der Waals surface area contributed by atoms with Gasteiger partial charge >= 0.3 is 0 Å². The Morgan fingerprint density at radius 2 is 2.05 bits per heavy atom. The molecule has 0 saturated carbocycles. The lowest BCUT2D eigenvalue weighted by molar-refractivity contribution is 0.955. The Morgan fingerprint density at radius 3 is 2.81 bits per heavy atom. The minimum Gasteiger partial charge on any atom is -0.370 e. The van der Waals surface area contributed by atoms with Crippen LogP contribution in [0.5, 0.6) is 0 Å². The maximum atomic E-state index is 7.18. The Kier molecular flexibility index (Phi) is 3.52. The minimum absolute atomic E-state index is 0.132. The highest BCUT2D eigenvalue weighted by molar-refractivity contribution is 7.14. The van der Waals surface area contributed by atoms with Crippen molar-refractivity contribution in [2.75, 3.05) is 10.7 Å². The lowest BCUT2D eigenvalue weighted by atomic mass is 10.3. The van der Waals surface area contributed by atoms with E-state index in [1.807, 2.05) is 41.9 Å². The molecule has 2 aromatic heterocycles. The number of rotatable bonds is 4. The molecule has 0 aliphatic heterocycles. The van der Waals surface area contributed by atoms with Gasteiger partial charge in [-0.25, -0.2) is 14.6 Å². The number of nitrogens with zero attached hydrogens (tertiary/aromatic N) is 3. The molecular formula is C13H13N7S. The second-order valence-electron chi connectivity index (χ2n) is 4.22. The first-order chi connectivity index (χ1) is 10.2. The molecule has 106 valence electrons. The maximum Gasteiger partial charge on any atom is 0.192 e. The van der Waals surface area contributed by atoms with E-state index in [-0.39, 0.29) is 5.96 Å². The lowest BCUT2D eigenvalue weighted by Gasteiger charge is -2.05. The molecule has 5 N–H and O–H groups in total. The molecule has 0 spiro atoms. The molecule has 0 unspecified atom stereocenters. The van der Waals surface area contributed by atoms with E-state index in [4.69, 9.17) is 11.1 Å². The number of thiazole rings is 1. The van der Waals surface area contributed by atoms with Gasteiger partial charge in [-0.3, -0.25) is 10.8 Å². The number of nitrogens with one attached hydrogen (secondary N) is 3. The number of guanidine groups is 1. The first kappa shape index (κ1) is 13.1. The molecule has 2 heterocycles. The predicted molar refractivity (Wildman–Crippen MR) is 84.3 cm³/mol. The summed E-state index contributed by atoms with van der Waals surface area (Å²) in [4.78, 5) is 8.63. The molecule has 0 atom stereocenters. The van der Waals surface area contributed by atoms with Crippen LogP contribution >= 0.6 is 11.3 Å². The first-order valence-electron chi connectivity index (χ1n) is 6.14. The van der Waals surface area contributed by atoms with Crippen LogP contribution < -0.4 is 16.5 Å². The number of nitrogens with two attached hydrogens (primary N) is 1. The normalized spacial score (nSPS) is 10.3. The van der Waals surface area contributed by atoms with Crippen molar-refractivity contribution < 1.29 is 0 Å². The zero-order valence-corrected chi connectivity index (χ0v) is 11.8. The van der Waals surface area contributed by atoms with Crippen LogP contribution in [0.1, 0.15) is 0 Å². The van der Waals surface area contributed by atoms with E-state index in [2.05, 4.69) is 20.7 Å². The number of hydrogen-bond donors (Lipinski definition) is 4. The molecule has 0 fully saturated rings. The average molecular weight is 299 g/mol. The molecule has 21 heavy (non-hydrogen) atoms. The van der Waals surface area contributed by atoms with E-state index in [9.17, 15) is 0 Å². The first-order valence-corrected chi connectivity index (χ1v) is 7.02. The van der Waals surface area contributed by atoms with Crippen molar-refractivity contribution in [3.63, 3.8) is 0 Å². The zero-order chi connectivity index (χ0) is 14.7. The van der Waals surface area contributed by atoms with E-state index in [0.29, 0.717) is 5.13 Å². The van der Waals surface area contributed by atoms with Crippen LogP contribution in [-0.2, 0) is 0 Å². The van der Waals surface area contributed by atoms with Crippen LogP contribution in [0.3, 0.4) is 0 Å². The van der Waals surface area contributed by atoms with E-state index < -0.39 is 0 Å². The Hall–Kier alpha value is -2.87. The topological polar surface area (TPSA) is 105 Å². The van der Waals surface area contributed by atoms with Gasteiger partial charge in [-0.15, -0.1) is 11.3 Å². The second kappa shape index (κ2) is 5.63. The summed E-state index contributed by atoms with van der Waals surface area (Å²) in [5.41, 5.74) is 10.9. The highest BCUT2D eigenvalue weighted by atomic mass is 32.1. The van der Waals surface area contributed by atoms with E-state index in [0.717, 1.165) is 17.1 Å². The molecule has 0 radical (unpaired) electrons. The highest BCUT2D eigenvalue weighted by Crippen LogP contribution is 2.23. The summed E-state index contributed by atoms with van der Waals surface area (Å²) in [5, 5.41) is 12.3. The Morgan fingerprint density at radius 1 is 1.24 bits per heavy atom. The van der Waals surface area contributed by atoms with Gasteiger partial charge in [0.25, 0.3) is 0 Å². The molecule has 0 saturated heterocycles. The van der Waals surface area contributed by atoms with Crippen molar-refractivity contribution in [2.24, 2.45) is 5.73 Å². The molecular weight excluding hydrogens is 286 g/mol. The van der Waals surface area contributed by atoms with Crippen molar-refractivity contribution in [1.29, 1.82) is 5.41 Å². The third-order valence-corrected chi connectivity index (χ3v) is 3.38. The van der Waals surface area contributed by atoms with E-state index >= 15 is 0 Å². The van der Waals surface area contributed by atoms with Crippen LogP contribution in [0.25, 0.3) is 11.4 Å². The van der Waals surface area contributed by atoms with Gasteiger partial charge in [-0.1, -0.05) is 18.2 Å². The Balaban J connectivity index is 1.75. The number of aromatic nitrogens is 3. The third kappa shape index (κ3) is 3.18. The van der Waals surface area contributed by atoms with Crippen molar-refractivity contribution in [3.05, 3.63) is 48.2 Å². The summed E-state index contributed by atoms with van der Waals surface area (Å²) in [6.45, 7) is 0. The fourth-order valence-corrected chi connectivity index (χ4v) is 2.46. The summed E-state index contributed by atoms with van der Waals surface area (Å²) in [6, 6.07) is 9.82. The summed E-state index contributed by atoms with van der Waals surface area (Å²) < 4.78 is 1.77. The average Bonchev–Trinajstić information content (AvgIpc) is 3.08. The van der Waals surface area contributed by atoms with Crippen molar-refractivity contribution in [3.8, 4) is 11.4 Å². The van der Waals surface area contributed by atoms with Gasteiger partial charge in [0.05, 0.1) is 11.9 Å². The van der Waals surface area contributed by atoms with Crippen LogP contribution in [0, 0.1) is 5.41 Å². The molecule has 0 amide bonds. The fraction of sp³-hybridized carbons (Fsp3) is 0. The van der Waals surface area contributed by atoms with Gasteiger partial charge in [-0.05, 0) is 12.1 Å². The highest BCUT2D eigenvalue weighted by Gasteiger charge is 2.08. The molecule has 8 heteroatoms. The van der Waals surface area contributed by atoms with Crippen LogP contribution in [-0.4, -0.2) is 20.6 Å². The number of imidazole rings is 1. The quantitative estimate of drug-likeness (QED) is 0.436. The Labute approximate surface area is 125 Å². The summed E-state index contributed by atoms with van der Waals surface area (Å²) in [6.07, 6.45) is 3.53. The fourth-order valence-electron chi connectivity index (χ4n) is 1.74. The number of anilines is 2. The third-order valence-electron chi connectivity index (χ3n) is 2.62. The standard InChI is InChI=1S/C13H13N7S/c14-12(15)18-13-17-11(7-21-13)10-6-20(8-16-10)19-9-4-2-1-3-5-9/h1-8,19H,(H4,14,15,17,18). The van der Waals surface area contributed by atoms with Gasteiger partial charge in [0.2, 0.25) is 0 Å². The van der Waals surface area contributed by atoms with Crippen molar-refractivity contribution >= 4 is 28.1 Å². The lowest BCUT2D eigenvalue weighted by Crippen LogP contribution is -2.20. The maximum absolute atomic E-state index is 7.18. The zero-order valence-electron chi connectivity index (χ0n) is 10.9. The molecule has 3 rings (SSSR count). The largest absolute Gasteiger partial charge is 0.370 e. The van der Waals surface area contributed by atoms with Crippen molar-refractivity contribution in [1.82, 2.24) is 14.6 Å². The molecule has 7 nitrogen and oxygen atoms in total. The molecule has 0 aliphatic rings. The number of hydrogen-bond acceptors (Lipinski definition) is 5. The van der Waals surface area contributed by atoms with E-state index in [1.165, 1.54) is 11.3 Å².